The number of anilines is 1. The fourth-order valence-electron chi connectivity index (χ4n) is 3.10. The van der Waals surface area contributed by atoms with Gasteiger partial charge in [-0.1, -0.05) is 19.8 Å². The van der Waals surface area contributed by atoms with Crippen molar-refractivity contribution in [2.75, 3.05) is 12.8 Å². The molecule has 0 aliphatic heterocycles. The van der Waals surface area contributed by atoms with Crippen LogP contribution in [0.4, 0.5) is 5.69 Å². The average molecular weight is 287 g/mol. The molecule has 0 saturated heterocycles. The van der Waals surface area contributed by atoms with Crippen molar-refractivity contribution in [1.29, 1.82) is 0 Å². The Morgan fingerprint density at radius 2 is 2.19 bits per heavy atom. The SMILES string of the molecule is COc1ccc(N)c(-c2nnnn2C2CCCC(C)C2)c1. The summed E-state index contributed by atoms with van der Waals surface area (Å²) in [5.74, 6) is 2.19. The van der Waals surface area contributed by atoms with E-state index < -0.39 is 0 Å². The molecule has 1 heterocycles. The Bertz CT molecular complexity index is 624. The van der Waals surface area contributed by atoms with Crippen LogP contribution < -0.4 is 10.5 Å². The minimum atomic E-state index is 0.351. The monoisotopic (exact) mass is 287 g/mol. The molecule has 0 bridgehead atoms. The zero-order valence-electron chi connectivity index (χ0n) is 12.5. The molecule has 21 heavy (non-hydrogen) atoms. The lowest BCUT2D eigenvalue weighted by molar-refractivity contribution is 0.265. The number of hydrogen-bond acceptors (Lipinski definition) is 5. The molecule has 1 aromatic carbocycles. The van der Waals surface area contributed by atoms with Crippen LogP contribution in [-0.4, -0.2) is 27.3 Å². The summed E-state index contributed by atoms with van der Waals surface area (Å²) in [5.41, 5.74) is 7.59. The molecule has 0 radical (unpaired) electrons. The van der Waals surface area contributed by atoms with E-state index >= 15 is 0 Å². The molecule has 6 heteroatoms. The number of hydrogen-bond donors (Lipinski definition) is 1. The minimum absolute atomic E-state index is 0.351. The molecule has 1 saturated carbocycles. The number of nitrogens with zero attached hydrogens (tertiary/aromatic N) is 4. The maximum absolute atomic E-state index is 6.10. The first-order chi connectivity index (χ1) is 10.2. The molecule has 2 unspecified atom stereocenters. The average Bonchev–Trinajstić information content (AvgIpc) is 2.97. The molecule has 1 aromatic heterocycles. The van der Waals surface area contributed by atoms with Gasteiger partial charge in [0.25, 0.3) is 0 Å². The lowest BCUT2D eigenvalue weighted by atomic mass is 9.87. The largest absolute Gasteiger partial charge is 0.497 e. The van der Waals surface area contributed by atoms with E-state index in [0.717, 1.165) is 30.0 Å². The third-order valence-corrected chi connectivity index (χ3v) is 4.25. The summed E-state index contributed by atoms with van der Waals surface area (Å²) in [5, 5.41) is 12.3. The number of nitrogens with two attached hydrogens (primary N) is 1. The van der Waals surface area contributed by atoms with Gasteiger partial charge in [0.15, 0.2) is 5.82 Å². The van der Waals surface area contributed by atoms with Crippen molar-refractivity contribution in [3.05, 3.63) is 18.2 Å². The predicted octanol–water partition coefficient (Wildman–Crippen LogP) is 2.68. The van der Waals surface area contributed by atoms with E-state index in [1.165, 1.54) is 12.8 Å². The maximum Gasteiger partial charge on any atom is 0.184 e. The van der Waals surface area contributed by atoms with Crippen molar-refractivity contribution < 1.29 is 4.74 Å². The van der Waals surface area contributed by atoms with Gasteiger partial charge in [-0.2, -0.15) is 0 Å². The van der Waals surface area contributed by atoms with Crippen molar-refractivity contribution in [2.45, 2.75) is 38.6 Å². The normalized spacial score (nSPS) is 22.2. The standard InChI is InChI=1S/C15H21N5O/c1-10-4-3-5-11(8-10)20-15(17-18-19-20)13-9-12(21-2)6-7-14(13)16/h6-7,9-11H,3-5,8,16H2,1-2H3. The molecule has 1 fully saturated rings. The second-order valence-electron chi connectivity index (χ2n) is 5.83. The Labute approximate surface area is 124 Å². The molecule has 2 N–H and O–H groups in total. The molecule has 0 amide bonds. The maximum atomic E-state index is 6.10. The quantitative estimate of drug-likeness (QED) is 0.878. The molecule has 1 aliphatic rings. The zero-order chi connectivity index (χ0) is 14.8. The van der Waals surface area contributed by atoms with Gasteiger partial charge in [0.2, 0.25) is 0 Å². The summed E-state index contributed by atoms with van der Waals surface area (Å²) in [6, 6.07) is 5.92. The van der Waals surface area contributed by atoms with Crippen LogP contribution in [0.15, 0.2) is 18.2 Å². The van der Waals surface area contributed by atoms with Gasteiger partial charge >= 0.3 is 0 Å². The van der Waals surface area contributed by atoms with E-state index in [0.29, 0.717) is 17.6 Å². The molecule has 6 nitrogen and oxygen atoms in total. The van der Waals surface area contributed by atoms with Crippen molar-refractivity contribution in [3.8, 4) is 17.1 Å². The number of ether oxygens (including phenoxy) is 1. The molecule has 2 atom stereocenters. The number of nitrogen functional groups attached to an aromatic ring is 1. The van der Waals surface area contributed by atoms with Gasteiger partial charge in [0, 0.05) is 11.3 Å². The van der Waals surface area contributed by atoms with Gasteiger partial charge in [-0.15, -0.1) is 5.10 Å². The number of aromatic nitrogens is 4. The number of methoxy groups -OCH3 is 1. The van der Waals surface area contributed by atoms with Gasteiger partial charge in [-0.25, -0.2) is 4.68 Å². The highest BCUT2D eigenvalue weighted by Gasteiger charge is 2.25. The Morgan fingerprint density at radius 3 is 2.95 bits per heavy atom. The Kier molecular flexibility index (Phi) is 3.77. The molecule has 3 rings (SSSR count). The number of benzene rings is 1. The van der Waals surface area contributed by atoms with Gasteiger partial charge in [-0.05, 0) is 47.4 Å². The Balaban J connectivity index is 1.98. The van der Waals surface area contributed by atoms with Gasteiger partial charge in [0.1, 0.15) is 5.75 Å². The van der Waals surface area contributed by atoms with Crippen molar-refractivity contribution in [1.82, 2.24) is 20.2 Å². The molecular weight excluding hydrogens is 266 g/mol. The minimum Gasteiger partial charge on any atom is -0.497 e. The van der Waals surface area contributed by atoms with E-state index in [2.05, 4.69) is 22.4 Å². The molecule has 2 aromatic rings. The lowest BCUT2D eigenvalue weighted by Gasteiger charge is -2.27. The van der Waals surface area contributed by atoms with Crippen LogP contribution in [0.3, 0.4) is 0 Å². The van der Waals surface area contributed by atoms with Crippen molar-refractivity contribution in [3.63, 3.8) is 0 Å². The summed E-state index contributed by atoms with van der Waals surface area (Å²) in [6.07, 6.45) is 4.74. The second kappa shape index (κ2) is 5.71. The number of tetrazole rings is 1. The first-order valence-corrected chi connectivity index (χ1v) is 7.40. The molecule has 112 valence electrons. The topological polar surface area (TPSA) is 78.8 Å². The van der Waals surface area contributed by atoms with Crippen LogP contribution in [0, 0.1) is 5.92 Å². The van der Waals surface area contributed by atoms with Crippen LogP contribution in [0.1, 0.15) is 38.6 Å². The van der Waals surface area contributed by atoms with Crippen LogP contribution in [0.25, 0.3) is 11.4 Å². The van der Waals surface area contributed by atoms with Crippen LogP contribution >= 0.6 is 0 Å². The lowest BCUT2D eigenvalue weighted by Crippen LogP contribution is -2.19. The first-order valence-electron chi connectivity index (χ1n) is 7.40. The van der Waals surface area contributed by atoms with Gasteiger partial charge in [0.05, 0.1) is 13.2 Å². The van der Waals surface area contributed by atoms with Crippen molar-refractivity contribution >= 4 is 5.69 Å². The summed E-state index contributed by atoms with van der Waals surface area (Å²) in [7, 11) is 1.64. The summed E-state index contributed by atoms with van der Waals surface area (Å²) in [6.45, 7) is 2.29. The third kappa shape index (κ3) is 2.70. The Hall–Kier alpha value is -2.11. The zero-order valence-corrected chi connectivity index (χ0v) is 12.5. The fraction of sp³-hybridized carbons (Fsp3) is 0.533. The Morgan fingerprint density at radius 1 is 1.33 bits per heavy atom. The van der Waals surface area contributed by atoms with Crippen LogP contribution in [0.2, 0.25) is 0 Å². The van der Waals surface area contributed by atoms with E-state index in [-0.39, 0.29) is 0 Å². The summed E-state index contributed by atoms with van der Waals surface area (Å²) in [4.78, 5) is 0. The summed E-state index contributed by atoms with van der Waals surface area (Å²) < 4.78 is 7.21. The van der Waals surface area contributed by atoms with Crippen LogP contribution in [0.5, 0.6) is 5.75 Å². The highest BCUT2D eigenvalue weighted by atomic mass is 16.5. The molecule has 1 aliphatic carbocycles. The number of rotatable bonds is 3. The third-order valence-electron chi connectivity index (χ3n) is 4.25. The highest BCUT2D eigenvalue weighted by molar-refractivity contribution is 5.73. The van der Waals surface area contributed by atoms with Crippen molar-refractivity contribution in [2.24, 2.45) is 5.92 Å². The smallest absolute Gasteiger partial charge is 0.184 e. The van der Waals surface area contributed by atoms with E-state index in [1.807, 2.05) is 22.9 Å². The van der Waals surface area contributed by atoms with Gasteiger partial charge < -0.3 is 10.5 Å². The fourth-order valence-corrected chi connectivity index (χ4v) is 3.10. The molecular formula is C15H21N5O. The second-order valence-corrected chi connectivity index (χ2v) is 5.83. The van der Waals surface area contributed by atoms with E-state index in [9.17, 15) is 0 Å². The van der Waals surface area contributed by atoms with Gasteiger partial charge in [-0.3, -0.25) is 0 Å². The summed E-state index contributed by atoms with van der Waals surface area (Å²) >= 11 is 0. The van der Waals surface area contributed by atoms with Crippen LogP contribution in [-0.2, 0) is 0 Å². The predicted molar refractivity (Wildman–Crippen MR) is 80.9 cm³/mol. The highest BCUT2D eigenvalue weighted by Crippen LogP contribution is 2.35. The first kappa shape index (κ1) is 13.9. The molecule has 0 spiro atoms. The van der Waals surface area contributed by atoms with E-state index in [1.54, 1.807) is 7.11 Å². The van der Waals surface area contributed by atoms with E-state index in [4.69, 9.17) is 10.5 Å².